The molecule has 0 bridgehead atoms. The van der Waals surface area contributed by atoms with Crippen LogP contribution in [0.2, 0.25) is 0 Å². The molecule has 23 heavy (non-hydrogen) atoms. The summed E-state index contributed by atoms with van der Waals surface area (Å²) in [5.74, 6) is -2.28. The van der Waals surface area contributed by atoms with Crippen molar-refractivity contribution in [3.8, 4) is 11.8 Å². The lowest BCUT2D eigenvalue weighted by Crippen LogP contribution is -2.34. The van der Waals surface area contributed by atoms with Crippen molar-refractivity contribution in [3.05, 3.63) is 35.9 Å². The summed E-state index contributed by atoms with van der Waals surface area (Å²) in [6.07, 6.45) is 4.32. The van der Waals surface area contributed by atoms with Crippen LogP contribution in [0.3, 0.4) is 0 Å². The molecule has 0 heterocycles. The summed E-state index contributed by atoms with van der Waals surface area (Å²) in [6.45, 7) is 2.23. The van der Waals surface area contributed by atoms with Crippen molar-refractivity contribution in [1.29, 1.82) is 5.26 Å². The summed E-state index contributed by atoms with van der Waals surface area (Å²) in [6, 6.07) is 6.75. The summed E-state index contributed by atoms with van der Waals surface area (Å²) >= 11 is 0. The van der Waals surface area contributed by atoms with Crippen molar-refractivity contribution in [2.75, 3.05) is 11.9 Å². The number of nitrogens with one attached hydrogen (secondary N) is 1. The van der Waals surface area contributed by atoms with Gasteiger partial charge in [-0.2, -0.15) is 5.26 Å². The molecule has 1 amide bonds. The van der Waals surface area contributed by atoms with Gasteiger partial charge in [-0.25, -0.2) is 0 Å². The largest absolute Gasteiger partial charge is 0.492 e. The van der Waals surface area contributed by atoms with Crippen LogP contribution in [0.25, 0.3) is 0 Å². The van der Waals surface area contributed by atoms with E-state index in [9.17, 15) is 14.7 Å². The number of rotatable bonds is 5. The zero-order chi connectivity index (χ0) is 16.8. The van der Waals surface area contributed by atoms with Crippen LogP contribution in [0.4, 0.5) is 5.69 Å². The van der Waals surface area contributed by atoms with Crippen LogP contribution in [0.1, 0.15) is 25.3 Å². The van der Waals surface area contributed by atoms with Crippen LogP contribution in [0.15, 0.2) is 30.4 Å². The summed E-state index contributed by atoms with van der Waals surface area (Å²) < 4.78 is 5.44. The molecule has 0 saturated heterocycles. The third-order valence-corrected chi connectivity index (χ3v) is 3.75. The maximum absolute atomic E-state index is 12.5. The summed E-state index contributed by atoms with van der Waals surface area (Å²) in [5, 5.41) is 21.0. The first-order chi connectivity index (χ1) is 11.1. The highest BCUT2D eigenvalue weighted by Crippen LogP contribution is 2.30. The average molecular weight is 314 g/mol. The van der Waals surface area contributed by atoms with Gasteiger partial charge >= 0.3 is 5.97 Å². The molecule has 0 saturated carbocycles. The van der Waals surface area contributed by atoms with Gasteiger partial charge in [0.2, 0.25) is 5.91 Å². The Balaban J connectivity index is 2.23. The number of hydrogen-bond acceptors (Lipinski definition) is 4. The smallest absolute Gasteiger partial charge is 0.307 e. The number of amides is 1. The SMILES string of the molecule is CCOc1ccc(C#N)cc1NC(=O)[C@@H]1CC=CC[C@@H]1C(=O)O. The standard InChI is InChI=1S/C17H18N2O4/c1-2-23-15-8-7-11(10-18)9-14(15)19-16(20)12-5-3-4-6-13(12)17(21)22/h3-4,7-9,12-13H,2,5-6H2,1H3,(H,19,20)(H,21,22)/t12-,13+/m1/s1. The Labute approximate surface area is 134 Å². The Morgan fingerprint density at radius 1 is 1.35 bits per heavy atom. The lowest BCUT2D eigenvalue weighted by molar-refractivity contribution is -0.146. The molecule has 0 spiro atoms. The number of carboxylic acids is 1. The molecular weight excluding hydrogens is 296 g/mol. The van der Waals surface area contributed by atoms with Crippen molar-refractivity contribution in [1.82, 2.24) is 0 Å². The van der Waals surface area contributed by atoms with E-state index in [-0.39, 0.29) is 5.91 Å². The molecule has 1 aliphatic carbocycles. The number of carbonyl (C=O) groups is 2. The first-order valence-electron chi connectivity index (χ1n) is 7.42. The first kappa shape index (κ1) is 16.6. The van der Waals surface area contributed by atoms with Gasteiger partial charge in [0.05, 0.1) is 35.8 Å². The van der Waals surface area contributed by atoms with Crippen LogP contribution >= 0.6 is 0 Å². The summed E-state index contributed by atoms with van der Waals surface area (Å²) in [7, 11) is 0. The Kier molecular flexibility index (Phi) is 5.36. The molecule has 1 aliphatic rings. The maximum Gasteiger partial charge on any atom is 0.307 e. The molecule has 0 radical (unpaired) electrons. The van der Waals surface area contributed by atoms with Crippen molar-refractivity contribution >= 4 is 17.6 Å². The van der Waals surface area contributed by atoms with Crippen molar-refractivity contribution in [2.24, 2.45) is 11.8 Å². The summed E-state index contributed by atoms with van der Waals surface area (Å²) in [5.41, 5.74) is 0.775. The first-order valence-corrected chi connectivity index (χ1v) is 7.42. The van der Waals surface area contributed by atoms with E-state index in [0.29, 0.717) is 36.4 Å². The zero-order valence-electron chi connectivity index (χ0n) is 12.8. The van der Waals surface area contributed by atoms with E-state index < -0.39 is 17.8 Å². The van der Waals surface area contributed by atoms with Gasteiger partial charge in [0, 0.05) is 0 Å². The molecular formula is C17H18N2O4. The van der Waals surface area contributed by atoms with Crippen molar-refractivity contribution < 1.29 is 19.4 Å². The Morgan fingerprint density at radius 2 is 2.04 bits per heavy atom. The average Bonchev–Trinajstić information content (AvgIpc) is 2.56. The van der Waals surface area contributed by atoms with E-state index in [0.717, 1.165) is 0 Å². The highest BCUT2D eigenvalue weighted by atomic mass is 16.5. The van der Waals surface area contributed by atoms with E-state index in [1.54, 1.807) is 18.2 Å². The van der Waals surface area contributed by atoms with Gasteiger partial charge in [0.15, 0.2) is 0 Å². The van der Waals surface area contributed by atoms with Crippen molar-refractivity contribution in [3.63, 3.8) is 0 Å². The zero-order valence-corrected chi connectivity index (χ0v) is 12.8. The van der Waals surface area contributed by atoms with E-state index >= 15 is 0 Å². The number of nitrogens with zero attached hydrogens (tertiary/aromatic N) is 1. The third-order valence-electron chi connectivity index (χ3n) is 3.75. The molecule has 0 aliphatic heterocycles. The van der Waals surface area contributed by atoms with Crippen LogP contribution < -0.4 is 10.1 Å². The minimum Gasteiger partial charge on any atom is -0.492 e. The van der Waals surface area contributed by atoms with Crippen molar-refractivity contribution in [2.45, 2.75) is 19.8 Å². The fourth-order valence-electron chi connectivity index (χ4n) is 2.58. The number of aliphatic carboxylic acids is 1. The predicted molar refractivity (Wildman–Crippen MR) is 83.9 cm³/mol. The number of hydrogen-bond donors (Lipinski definition) is 2. The predicted octanol–water partition coefficient (Wildman–Crippen LogP) is 2.56. The number of nitriles is 1. The topological polar surface area (TPSA) is 99.4 Å². The molecule has 6 nitrogen and oxygen atoms in total. The third kappa shape index (κ3) is 3.89. The highest BCUT2D eigenvalue weighted by molar-refractivity contribution is 5.96. The number of ether oxygens (including phenoxy) is 1. The molecule has 2 atom stereocenters. The van der Waals surface area contributed by atoms with Gasteiger partial charge in [0.1, 0.15) is 5.75 Å². The molecule has 2 rings (SSSR count). The van der Waals surface area contributed by atoms with Gasteiger partial charge in [-0.05, 0) is 38.0 Å². The van der Waals surface area contributed by atoms with Crippen LogP contribution in [-0.4, -0.2) is 23.6 Å². The minimum atomic E-state index is -0.981. The monoisotopic (exact) mass is 314 g/mol. The Morgan fingerprint density at radius 3 is 2.65 bits per heavy atom. The van der Waals surface area contributed by atoms with Gasteiger partial charge in [-0.3, -0.25) is 9.59 Å². The molecule has 6 heteroatoms. The van der Waals surface area contributed by atoms with Gasteiger partial charge in [-0.15, -0.1) is 0 Å². The Bertz CT molecular complexity index is 676. The van der Waals surface area contributed by atoms with E-state index in [4.69, 9.17) is 10.00 Å². The second-order valence-electron chi connectivity index (χ2n) is 5.24. The van der Waals surface area contributed by atoms with E-state index in [2.05, 4.69) is 5.32 Å². The molecule has 0 aromatic heterocycles. The maximum atomic E-state index is 12.5. The lowest BCUT2D eigenvalue weighted by Gasteiger charge is -2.24. The number of allylic oxidation sites excluding steroid dienone is 2. The Hall–Kier alpha value is -2.81. The molecule has 0 unspecified atom stereocenters. The van der Waals surface area contributed by atoms with Gasteiger partial charge in [-0.1, -0.05) is 12.2 Å². The van der Waals surface area contributed by atoms with E-state index in [1.807, 2.05) is 19.1 Å². The molecule has 2 N–H and O–H groups in total. The van der Waals surface area contributed by atoms with E-state index in [1.165, 1.54) is 6.07 Å². The molecule has 1 aromatic carbocycles. The number of carbonyl (C=O) groups excluding carboxylic acids is 1. The molecule has 1 aromatic rings. The fraction of sp³-hybridized carbons (Fsp3) is 0.353. The number of anilines is 1. The second kappa shape index (κ2) is 7.45. The minimum absolute atomic E-state index is 0.337. The van der Waals surface area contributed by atoms with Gasteiger partial charge < -0.3 is 15.2 Å². The van der Waals surface area contributed by atoms with Crippen LogP contribution in [0.5, 0.6) is 5.75 Å². The number of carboxylic acid groups (broad SMARTS) is 1. The quantitative estimate of drug-likeness (QED) is 0.814. The molecule has 0 fully saturated rings. The number of benzene rings is 1. The fourth-order valence-corrected chi connectivity index (χ4v) is 2.58. The normalized spacial score (nSPS) is 19.7. The summed E-state index contributed by atoms with van der Waals surface area (Å²) in [4.78, 5) is 23.8. The highest BCUT2D eigenvalue weighted by Gasteiger charge is 2.34. The van der Waals surface area contributed by atoms with Crippen LogP contribution in [0, 0.1) is 23.2 Å². The lowest BCUT2D eigenvalue weighted by atomic mass is 9.82. The molecule has 120 valence electrons. The second-order valence-corrected chi connectivity index (χ2v) is 5.24. The van der Waals surface area contributed by atoms with Crippen LogP contribution in [-0.2, 0) is 9.59 Å². The van der Waals surface area contributed by atoms with Gasteiger partial charge in [0.25, 0.3) is 0 Å².